The van der Waals surface area contributed by atoms with Crippen LogP contribution < -0.4 is 27.4 Å². The summed E-state index contributed by atoms with van der Waals surface area (Å²) in [6.45, 7) is 4.54. The average Bonchev–Trinajstić information content (AvgIpc) is 2.92. The number of thioether (sulfide) groups is 1. The van der Waals surface area contributed by atoms with Gasteiger partial charge in [-0.1, -0.05) is 67.6 Å². The average molecular weight is 535 g/mol. The Morgan fingerprint density at radius 3 is 2.45 bits per heavy atom. The normalized spacial score (nSPS) is 11.1. The summed E-state index contributed by atoms with van der Waals surface area (Å²) in [5, 5.41) is 0.955. The van der Waals surface area contributed by atoms with Gasteiger partial charge < -0.3 is 10.6 Å². The maximum absolute atomic E-state index is 13.4. The number of nitrogens with two attached hydrogens (primary N) is 1. The fourth-order valence-electron chi connectivity index (χ4n) is 4.20. The number of rotatable bonds is 10. The van der Waals surface area contributed by atoms with Crippen molar-refractivity contribution in [1.82, 2.24) is 19.1 Å². The number of amides is 1. The van der Waals surface area contributed by atoms with Gasteiger partial charge in [-0.25, -0.2) is 9.78 Å². The van der Waals surface area contributed by atoms with Crippen LogP contribution in [0.25, 0.3) is 10.9 Å². The monoisotopic (exact) mass is 534 g/mol. The molecule has 4 rings (SSSR count). The lowest BCUT2D eigenvalue weighted by Crippen LogP contribution is -2.42. The number of para-hydroxylation sites is 1. The molecule has 0 bridgehead atoms. The van der Waals surface area contributed by atoms with Gasteiger partial charge in [0.25, 0.3) is 11.1 Å². The number of hydrogen-bond acceptors (Lipinski definition) is 7. The molecule has 4 aromatic rings. The zero-order valence-electron chi connectivity index (χ0n) is 21.3. The van der Waals surface area contributed by atoms with E-state index in [9.17, 15) is 19.2 Å². The van der Waals surface area contributed by atoms with Crippen molar-refractivity contribution in [2.45, 2.75) is 44.9 Å². The summed E-state index contributed by atoms with van der Waals surface area (Å²) in [7, 11) is 0. The predicted molar refractivity (Wildman–Crippen MR) is 151 cm³/mol. The lowest BCUT2D eigenvalue weighted by Gasteiger charge is -2.23. The minimum absolute atomic E-state index is 0.0801. The summed E-state index contributed by atoms with van der Waals surface area (Å²) in [6.07, 6.45) is 1.68. The highest BCUT2D eigenvalue weighted by atomic mass is 32.2. The van der Waals surface area contributed by atoms with Crippen molar-refractivity contribution in [3.8, 4) is 0 Å². The van der Waals surface area contributed by atoms with Crippen LogP contribution in [0.2, 0.25) is 0 Å². The number of nitrogens with zero attached hydrogens (tertiary/aromatic N) is 4. The highest BCUT2D eigenvalue weighted by Gasteiger charge is 2.24. The Morgan fingerprint density at radius 2 is 1.74 bits per heavy atom. The number of nitrogen functional groups attached to an aromatic ring is 1. The first-order valence-corrected chi connectivity index (χ1v) is 13.4. The Kier molecular flexibility index (Phi) is 8.47. The van der Waals surface area contributed by atoms with E-state index in [0.717, 1.165) is 30.2 Å². The van der Waals surface area contributed by atoms with Crippen LogP contribution in [0.4, 0.5) is 11.5 Å². The van der Waals surface area contributed by atoms with Gasteiger partial charge in [0.2, 0.25) is 5.91 Å². The van der Waals surface area contributed by atoms with Gasteiger partial charge in [-0.3, -0.25) is 28.5 Å². The van der Waals surface area contributed by atoms with E-state index in [1.54, 1.807) is 29.7 Å². The van der Waals surface area contributed by atoms with Crippen LogP contribution in [0.3, 0.4) is 0 Å². The first kappa shape index (κ1) is 26.9. The number of unbranched alkanes of at least 4 members (excludes halogenated alkanes) is 1. The summed E-state index contributed by atoms with van der Waals surface area (Å²) in [5.41, 5.74) is 6.05. The van der Waals surface area contributed by atoms with Crippen molar-refractivity contribution in [2.75, 3.05) is 22.9 Å². The van der Waals surface area contributed by atoms with E-state index >= 15 is 0 Å². The lowest BCUT2D eigenvalue weighted by atomic mass is 10.2. The maximum atomic E-state index is 13.4. The van der Waals surface area contributed by atoms with E-state index < -0.39 is 17.2 Å². The smallest absolute Gasteiger partial charge is 0.330 e. The third-order valence-corrected chi connectivity index (χ3v) is 7.13. The SMILES string of the molecule is CCCCn1c(SCC(=O)N(CC)c2c(N)n(Cc3ccccc3)c(=O)[nH]c2=O)nc2ccccc2c1=O. The van der Waals surface area contributed by atoms with Crippen LogP contribution in [-0.2, 0) is 17.9 Å². The maximum Gasteiger partial charge on any atom is 0.330 e. The topological polar surface area (TPSA) is 136 Å². The first-order valence-electron chi connectivity index (χ1n) is 12.4. The van der Waals surface area contributed by atoms with Crippen LogP contribution in [0.5, 0.6) is 0 Å². The summed E-state index contributed by atoms with van der Waals surface area (Å²) < 4.78 is 2.84. The Balaban J connectivity index is 1.65. The van der Waals surface area contributed by atoms with E-state index in [2.05, 4.69) is 9.97 Å². The molecule has 1 amide bonds. The van der Waals surface area contributed by atoms with Crippen LogP contribution >= 0.6 is 11.8 Å². The molecule has 0 aliphatic rings. The van der Waals surface area contributed by atoms with Crippen molar-refractivity contribution in [1.29, 1.82) is 0 Å². The van der Waals surface area contributed by atoms with E-state index in [1.165, 1.54) is 9.47 Å². The molecule has 3 N–H and O–H groups in total. The summed E-state index contributed by atoms with van der Waals surface area (Å²) in [6, 6.07) is 16.3. The Labute approximate surface area is 223 Å². The summed E-state index contributed by atoms with van der Waals surface area (Å²) in [4.78, 5) is 60.1. The van der Waals surface area contributed by atoms with E-state index in [0.29, 0.717) is 22.6 Å². The molecule has 0 spiro atoms. The number of carbonyl (C=O) groups is 1. The predicted octanol–water partition coefficient (Wildman–Crippen LogP) is 2.82. The van der Waals surface area contributed by atoms with Gasteiger partial charge in [0.15, 0.2) is 10.8 Å². The molecule has 0 fully saturated rings. The molecule has 38 heavy (non-hydrogen) atoms. The molecule has 2 aromatic heterocycles. The number of fused-ring (bicyclic) bond motifs is 1. The van der Waals surface area contributed by atoms with E-state index in [1.807, 2.05) is 43.3 Å². The van der Waals surface area contributed by atoms with Crippen LogP contribution in [-0.4, -0.2) is 37.3 Å². The lowest BCUT2D eigenvalue weighted by molar-refractivity contribution is -0.116. The standard InChI is InChI=1S/C27H30N6O4S/c1-3-5-15-32-25(36)19-13-9-10-14-20(19)29-27(32)38-17-21(34)31(4-2)22-23(28)33(26(37)30-24(22)35)16-18-11-7-6-8-12-18/h6-14H,3-5,15-17,28H2,1-2H3,(H,30,35,37). The number of aromatic nitrogens is 4. The van der Waals surface area contributed by atoms with Crippen molar-refractivity contribution in [3.63, 3.8) is 0 Å². The van der Waals surface area contributed by atoms with Crippen LogP contribution in [0, 0.1) is 0 Å². The molecule has 0 aliphatic carbocycles. The van der Waals surface area contributed by atoms with Gasteiger partial charge >= 0.3 is 5.69 Å². The number of H-pyrrole nitrogens is 1. The van der Waals surface area contributed by atoms with Crippen molar-refractivity contribution >= 4 is 40.1 Å². The number of nitrogens with one attached hydrogen (secondary N) is 1. The van der Waals surface area contributed by atoms with Gasteiger partial charge in [0.1, 0.15) is 5.82 Å². The number of carbonyl (C=O) groups excluding carboxylic acids is 1. The van der Waals surface area contributed by atoms with Gasteiger partial charge in [0, 0.05) is 13.1 Å². The summed E-state index contributed by atoms with van der Waals surface area (Å²) >= 11 is 1.13. The number of aromatic amines is 1. The molecular formula is C27H30N6O4S. The van der Waals surface area contributed by atoms with Gasteiger partial charge in [0.05, 0.1) is 23.2 Å². The van der Waals surface area contributed by atoms with E-state index in [-0.39, 0.29) is 35.9 Å². The quantitative estimate of drug-likeness (QED) is 0.236. The first-order chi connectivity index (χ1) is 18.3. The molecule has 10 nitrogen and oxygen atoms in total. The molecule has 11 heteroatoms. The molecule has 0 atom stereocenters. The van der Waals surface area contributed by atoms with Crippen LogP contribution in [0.15, 0.2) is 74.1 Å². The Hall–Kier alpha value is -4.12. The zero-order valence-corrected chi connectivity index (χ0v) is 22.2. The van der Waals surface area contributed by atoms with Gasteiger partial charge in [-0.05, 0) is 31.0 Å². The van der Waals surface area contributed by atoms with Gasteiger partial charge in [-0.15, -0.1) is 0 Å². The third kappa shape index (κ3) is 5.57. The highest BCUT2D eigenvalue weighted by Crippen LogP contribution is 2.22. The largest absolute Gasteiger partial charge is 0.383 e. The molecule has 0 aliphatic heterocycles. The van der Waals surface area contributed by atoms with Crippen molar-refractivity contribution in [3.05, 3.63) is 91.4 Å². The van der Waals surface area contributed by atoms with Crippen molar-refractivity contribution in [2.24, 2.45) is 0 Å². The molecule has 0 saturated carbocycles. The number of anilines is 2. The summed E-state index contributed by atoms with van der Waals surface area (Å²) in [5.74, 6) is -0.572. The van der Waals surface area contributed by atoms with Gasteiger partial charge in [-0.2, -0.15) is 0 Å². The zero-order chi connectivity index (χ0) is 27.2. The molecule has 2 heterocycles. The third-order valence-electron chi connectivity index (χ3n) is 6.17. The molecule has 0 unspecified atom stereocenters. The minimum atomic E-state index is -0.735. The number of hydrogen-bond donors (Lipinski definition) is 2. The second-order valence-electron chi connectivity index (χ2n) is 8.71. The molecule has 0 radical (unpaired) electrons. The minimum Gasteiger partial charge on any atom is -0.383 e. The second kappa shape index (κ2) is 12.0. The molecular weight excluding hydrogens is 504 g/mol. The van der Waals surface area contributed by atoms with E-state index in [4.69, 9.17) is 5.73 Å². The van der Waals surface area contributed by atoms with Crippen LogP contribution in [0.1, 0.15) is 32.3 Å². The molecule has 198 valence electrons. The van der Waals surface area contributed by atoms with Crippen molar-refractivity contribution < 1.29 is 4.79 Å². The highest BCUT2D eigenvalue weighted by molar-refractivity contribution is 7.99. The fourth-order valence-corrected chi connectivity index (χ4v) is 5.10. The Morgan fingerprint density at radius 1 is 1.03 bits per heavy atom. The second-order valence-corrected chi connectivity index (χ2v) is 9.66. The molecule has 0 saturated heterocycles. The number of benzene rings is 2. The Bertz CT molecular complexity index is 1630. The fraction of sp³-hybridized carbons (Fsp3) is 0.296. The molecule has 2 aromatic carbocycles.